The van der Waals surface area contributed by atoms with Crippen molar-refractivity contribution in [3.05, 3.63) is 17.0 Å². The molecule has 6 nitrogen and oxygen atoms in total. The van der Waals surface area contributed by atoms with Crippen molar-refractivity contribution in [3.63, 3.8) is 0 Å². The zero-order valence-electron chi connectivity index (χ0n) is 12.4. The van der Waals surface area contributed by atoms with Crippen molar-refractivity contribution in [1.29, 1.82) is 0 Å². The highest BCUT2D eigenvalue weighted by Crippen LogP contribution is 2.30. The van der Waals surface area contributed by atoms with Gasteiger partial charge in [-0.25, -0.2) is 0 Å². The van der Waals surface area contributed by atoms with Crippen LogP contribution in [0.4, 0.5) is 0 Å². The van der Waals surface area contributed by atoms with E-state index >= 15 is 0 Å². The van der Waals surface area contributed by atoms with Crippen LogP contribution >= 0.6 is 0 Å². The van der Waals surface area contributed by atoms with Crippen molar-refractivity contribution in [2.24, 2.45) is 12.5 Å². The molecule has 1 aliphatic rings. The number of nitrogens with zero attached hydrogens (tertiary/aromatic N) is 3. The maximum atomic E-state index is 12.3. The maximum Gasteiger partial charge on any atom is 0.311 e. The van der Waals surface area contributed by atoms with Gasteiger partial charge in [-0.2, -0.15) is 5.10 Å². The smallest absolute Gasteiger partial charge is 0.311 e. The summed E-state index contributed by atoms with van der Waals surface area (Å²) in [5.41, 5.74) is 1.98. The molecule has 1 N–H and O–H groups in total. The zero-order valence-corrected chi connectivity index (χ0v) is 12.4. The number of aryl methyl sites for hydroxylation is 2. The Bertz CT molecular complexity index is 564. The second-order valence-corrected chi connectivity index (χ2v) is 5.88. The summed E-state index contributed by atoms with van der Waals surface area (Å²) >= 11 is 0. The third-order valence-corrected chi connectivity index (χ3v) is 4.33. The Morgan fingerprint density at radius 2 is 2.05 bits per heavy atom. The van der Waals surface area contributed by atoms with Gasteiger partial charge in [-0.3, -0.25) is 14.3 Å². The highest BCUT2D eigenvalue weighted by atomic mass is 16.4. The van der Waals surface area contributed by atoms with Gasteiger partial charge in [0.25, 0.3) is 0 Å². The molecule has 2 heterocycles. The minimum Gasteiger partial charge on any atom is -0.481 e. The standard InChI is InChI=1S/C14H21N3O3/c1-9-11(10(2)16(4)15-9)7-12(18)17-6-5-14(3,8-17)13(19)20/h5-8H2,1-4H3,(H,19,20). The van der Waals surface area contributed by atoms with Crippen LogP contribution in [0.5, 0.6) is 0 Å². The monoisotopic (exact) mass is 279 g/mol. The molecule has 6 heteroatoms. The SMILES string of the molecule is Cc1nn(C)c(C)c1CC(=O)N1CCC(C)(C(=O)O)C1. The average molecular weight is 279 g/mol. The topological polar surface area (TPSA) is 75.4 Å². The Kier molecular flexibility index (Phi) is 3.58. The third kappa shape index (κ3) is 2.42. The van der Waals surface area contributed by atoms with Gasteiger partial charge in [-0.1, -0.05) is 0 Å². The third-order valence-electron chi connectivity index (χ3n) is 4.33. The first kappa shape index (κ1) is 14.6. The molecule has 1 aromatic heterocycles. The van der Waals surface area contributed by atoms with E-state index < -0.39 is 11.4 Å². The number of hydrogen-bond acceptors (Lipinski definition) is 3. The van der Waals surface area contributed by atoms with E-state index in [0.717, 1.165) is 17.0 Å². The first-order valence-corrected chi connectivity index (χ1v) is 6.75. The summed E-state index contributed by atoms with van der Waals surface area (Å²) in [6.45, 7) is 6.33. The Labute approximate surface area is 118 Å². The first-order chi connectivity index (χ1) is 9.24. The molecule has 0 bridgehead atoms. The molecule has 1 atom stereocenters. The lowest BCUT2D eigenvalue weighted by Crippen LogP contribution is -2.35. The largest absolute Gasteiger partial charge is 0.481 e. The summed E-state index contributed by atoms with van der Waals surface area (Å²) in [6.07, 6.45) is 0.806. The molecule has 1 aromatic rings. The van der Waals surface area contributed by atoms with Crippen molar-refractivity contribution < 1.29 is 14.7 Å². The molecule has 0 saturated carbocycles. The highest BCUT2D eigenvalue weighted by Gasteiger charge is 2.42. The number of carbonyl (C=O) groups excluding carboxylic acids is 1. The minimum atomic E-state index is -0.832. The summed E-state index contributed by atoms with van der Waals surface area (Å²) in [7, 11) is 1.85. The van der Waals surface area contributed by atoms with Crippen molar-refractivity contribution in [3.8, 4) is 0 Å². The zero-order chi connectivity index (χ0) is 15.1. The van der Waals surface area contributed by atoms with Crippen molar-refractivity contribution in [2.75, 3.05) is 13.1 Å². The molecule has 110 valence electrons. The van der Waals surface area contributed by atoms with Crippen LogP contribution in [-0.4, -0.2) is 44.8 Å². The van der Waals surface area contributed by atoms with Gasteiger partial charge in [-0.05, 0) is 27.2 Å². The molecule has 0 spiro atoms. The summed E-state index contributed by atoms with van der Waals surface area (Å²) in [5.74, 6) is -0.851. The molecule has 0 aromatic carbocycles. The number of hydrogen-bond donors (Lipinski definition) is 1. The second kappa shape index (κ2) is 4.92. The lowest BCUT2D eigenvalue weighted by atomic mass is 9.90. The maximum absolute atomic E-state index is 12.3. The Hall–Kier alpha value is -1.85. The van der Waals surface area contributed by atoms with Crippen LogP contribution in [0.1, 0.15) is 30.3 Å². The number of aromatic nitrogens is 2. The van der Waals surface area contributed by atoms with Gasteiger partial charge in [0.2, 0.25) is 5.91 Å². The molecule has 0 aliphatic carbocycles. The molecular weight excluding hydrogens is 258 g/mol. The fourth-order valence-corrected chi connectivity index (χ4v) is 2.68. The van der Waals surface area contributed by atoms with Gasteiger partial charge < -0.3 is 10.0 Å². The first-order valence-electron chi connectivity index (χ1n) is 6.75. The van der Waals surface area contributed by atoms with E-state index in [1.54, 1.807) is 16.5 Å². The van der Waals surface area contributed by atoms with E-state index in [2.05, 4.69) is 5.10 Å². The summed E-state index contributed by atoms with van der Waals surface area (Å²) in [5, 5.41) is 13.5. The second-order valence-electron chi connectivity index (χ2n) is 5.88. The van der Waals surface area contributed by atoms with E-state index in [4.69, 9.17) is 0 Å². The predicted molar refractivity (Wildman–Crippen MR) is 73.3 cm³/mol. The average Bonchev–Trinajstić information content (AvgIpc) is 2.87. The van der Waals surface area contributed by atoms with Gasteiger partial charge in [0.1, 0.15) is 0 Å². The molecule has 1 fully saturated rings. The summed E-state index contributed by atoms with van der Waals surface area (Å²) < 4.78 is 1.77. The molecule has 1 saturated heterocycles. The molecular formula is C14H21N3O3. The Morgan fingerprint density at radius 3 is 2.50 bits per heavy atom. The van der Waals surface area contributed by atoms with Gasteiger partial charge in [0, 0.05) is 31.4 Å². The number of carboxylic acids is 1. The van der Waals surface area contributed by atoms with Gasteiger partial charge in [0.15, 0.2) is 0 Å². The fourth-order valence-electron chi connectivity index (χ4n) is 2.68. The lowest BCUT2D eigenvalue weighted by molar-refractivity contribution is -0.147. The summed E-state index contributed by atoms with van der Waals surface area (Å²) in [4.78, 5) is 25.2. The fraction of sp³-hybridized carbons (Fsp3) is 0.643. The number of carbonyl (C=O) groups is 2. The Balaban J connectivity index is 2.09. The number of amides is 1. The van der Waals surface area contributed by atoms with Crippen LogP contribution < -0.4 is 0 Å². The predicted octanol–water partition coefficient (Wildman–Crippen LogP) is 0.903. The van der Waals surface area contributed by atoms with Crippen LogP contribution in [-0.2, 0) is 23.1 Å². The van der Waals surface area contributed by atoms with Crippen molar-refractivity contribution >= 4 is 11.9 Å². The molecule has 2 rings (SSSR count). The van der Waals surface area contributed by atoms with Crippen LogP contribution in [0.3, 0.4) is 0 Å². The molecule has 0 radical (unpaired) electrons. The number of aliphatic carboxylic acids is 1. The normalized spacial score (nSPS) is 22.3. The Morgan fingerprint density at radius 1 is 1.40 bits per heavy atom. The number of likely N-dealkylation sites (tertiary alicyclic amines) is 1. The molecule has 1 aliphatic heterocycles. The van der Waals surface area contributed by atoms with E-state index in [0.29, 0.717) is 25.9 Å². The summed E-state index contributed by atoms with van der Waals surface area (Å²) in [6, 6.07) is 0. The van der Waals surface area contributed by atoms with Crippen LogP contribution in [0.25, 0.3) is 0 Å². The number of carboxylic acid groups (broad SMARTS) is 1. The lowest BCUT2D eigenvalue weighted by Gasteiger charge is -2.20. The van der Waals surface area contributed by atoms with Crippen molar-refractivity contribution in [1.82, 2.24) is 14.7 Å². The minimum absolute atomic E-state index is 0.0193. The van der Waals surface area contributed by atoms with E-state index in [-0.39, 0.29) is 5.91 Å². The molecule has 1 amide bonds. The van der Waals surface area contributed by atoms with Crippen LogP contribution in [0.2, 0.25) is 0 Å². The van der Waals surface area contributed by atoms with E-state index in [1.807, 2.05) is 20.9 Å². The van der Waals surface area contributed by atoms with Crippen molar-refractivity contribution in [2.45, 2.75) is 33.6 Å². The van der Waals surface area contributed by atoms with E-state index in [9.17, 15) is 14.7 Å². The van der Waals surface area contributed by atoms with Gasteiger partial charge in [-0.15, -0.1) is 0 Å². The molecule has 1 unspecified atom stereocenters. The quantitative estimate of drug-likeness (QED) is 0.892. The molecule has 20 heavy (non-hydrogen) atoms. The number of rotatable bonds is 3. The van der Waals surface area contributed by atoms with Gasteiger partial charge >= 0.3 is 5.97 Å². The van der Waals surface area contributed by atoms with Crippen LogP contribution in [0, 0.1) is 19.3 Å². The highest BCUT2D eigenvalue weighted by molar-refractivity contribution is 5.82. The van der Waals surface area contributed by atoms with Gasteiger partial charge in [0.05, 0.1) is 17.5 Å². The van der Waals surface area contributed by atoms with E-state index in [1.165, 1.54) is 0 Å². The van der Waals surface area contributed by atoms with Crippen LogP contribution in [0.15, 0.2) is 0 Å².